The van der Waals surface area contributed by atoms with Gasteiger partial charge in [0.2, 0.25) is 0 Å². The van der Waals surface area contributed by atoms with Crippen LogP contribution in [0.2, 0.25) is 0 Å². The minimum Gasteiger partial charge on any atom is -0.870 e. The molecular weight excluding hydrogens is 1120 g/mol. The van der Waals surface area contributed by atoms with E-state index in [1.54, 1.807) is 76.2 Å². The molecule has 26 heteroatoms. The predicted octanol–water partition coefficient (Wildman–Crippen LogP) is -1.12. The first kappa shape index (κ1) is 81.4. The third kappa shape index (κ3) is 83.9. The standard InChI is InChI=1S/C14H26O7.C12H22O7.C8H16O5.C6H10N2O2.CH3.Li.H2O.U/c1-5-20-12(15)10-18-8-6-17-7-9-19-11-13(16)21-14(2,3)4;1-12(2,3)19-11(15)9-18-7-5-16-4-6-17-8-10(13)14;1-2-13-8(10)7-12-6-5-11-4-3-9;1-6(2,3)10-5(9)4-8-7;;;;/h5-11H2,1-4H3;4-9H2,1-3H3,(H,13,14);9H,2-7H2,1H3;4H,1-3H3;1H3;;1H2;/q;;;;-1;+1;;/p-1. The Labute approximate surface area is 432 Å². The Bertz CT molecular complexity index is 1260. The van der Waals surface area contributed by atoms with E-state index in [1.807, 2.05) is 0 Å². The topological polar surface area (TPSA) is 329 Å². The molecule has 0 aromatic heterocycles. The molecule has 0 fully saturated rings. The van der Waals surface area contributed by atoms with Gasteiger partial charge in [-0.2, -0.15) is 4.79 Å². The molecule has 0 unspecified atom stereocenters. The summed E-state index contributed by atoms with van der Waals surface area (Å²) in [4.78, 5) is 67.3. The van der Waals surface area contributed by atoms with E-state index in [0.717, 1.165) is 0 Å². The van der Waals surface area contributed by atoms with Crippen LogP contribution in [0.4, 0.5) is 0 Å². The molecule has 0 aliphatic rings. The summed E-state index contributed by atoms with van der Waals surface area (Å²) in [6.45, 7) is 22.8. The van der Waals surface area contributed by atoms with Crippen LogP contribution in [-0.4, -0.2) is 205 Å². The van der Waals surface area contributed by atoms with Crippen LogP contribution in [0.15, 0.2) is 0 Å². The van der Waals surface area contributed by atoms with Crippen LogP contribution in [0, 0.1) is 38.5 Å². The summed E-state index contributed by atoms with van der Waals surface area (Å²) < 4.78 is 64.2. The van der Waals surface area contributed by atoms with Crippen LogP contribution in [0.3, 0.4) is 0 Å². The van der Waals surface area contributed by atoms with Crippen molar-refractivity contribution in [1.29, 1.82) is 0 Å². The molecule has 67 heavy (non-hydrogen) atoms. The van der Waals surface area contributed by atoms with Crippen molar-refractivity contribution in [2.75, 3.05) is 126 Å². The fourth-order valence-corrected chi connectivity index (χ4v) is 3.26. The zero-order valence-electron chi connectivity index (χ0n) is 42.0. The Morgan fingerprint density at radius 1 is 0.493 bits per heavy atom. The minimum absolute atomic E-state index is 0. The molecule has 0 saturated heterocycles. The first-order chi connectivity index (χ1) is 29.4. The molecule has 3 N–H and O–H groups in total. The molecule has 390 valence electrons. The molecule has 0 spiro atoms. The van der Waals surface area contributed by atoms with Crippen LogP contribution < -0.4 is 18.9 Å². The monoisotopic (exact) mass is 1200 g/mol. The van der Waals surface area contributed by atoms with E-state index < -0.39 is 46.6 Å². The predicted molar refractivity (Wildman–Crippen MR) is 230 cm³/mol. The van der Waals surface area contributed by atoms with Crippen LogP contribution in [0.1, 0.15) is 76.2 Å². The number of ether oxygens (including phenoxy) is 13. The number of rotatable bonds is 30. The number of nitrogens with zero attached hydrogens (tertiary/aromatic N) is 2. The van der Waals surface area contributed by atoms with Crippen LogP contribution >= 0.6 is 0 Å². The minimum atomic E-state index is -1.01. The van der Waals surface area contributed by atoms with Crippen molar-refractivity contribution in [1.82, 2.24) is 0 Å². The van der Waals surface area contributed by atoms with Gasteiger partial charge in [0, 0.05) is 31.1 Å². The van der Waals surface area contributed by atoms with E-state index in [0.29, 0.717) is 65.7 Å². The summed E-state index contributed by atoms with van der Waals surface area (Å²) in [5.74, 6) is -3.24. The number of aliphatic hydroxyl groups excluding tert-OH is 1. The summed E-state index contributed by atoms with van der Waals surface area (Å²) >= 11 is 0. The smallest absolute Gasteiger partial charge is 0.870 e. The van der Waals surface area contributed by atoms with Gasteiger partial charge < -0.3 is 90.2 Å². The van der Waals surface area contributed by atoms with Gasteiger partial charge >= 0.3 is 60.9 Å². The van der Waals surface area contributed by atoms with E-state index in [1.165, 1.54) is 0 Å². The molecule has 0 saturated carbocycles. The van der Waals surface area contributed by atoms with Crippen LogP contribution in [0.5, 0.6) is 0 Å². The van der Waals surface area contributed by atoms with E-state index in [-0.39, 0.29) is 135 Å². The Morgan fingerprint density at radius 3 is 1.01 bits per heavy atom. The van der Waals surface area contributed by atoms with Gasteiger partial charge in [-0.1, -0.05) is 0 Å². The molecule has 0 radical (unpaired) electrons. The quantitative estimate of drug-likeness (QED) is 0.0126. The van der Waals surface area contributed by atoms with Gasteiger partial charge in [-0.05, 0) is 76.2 Å². The summed E-state index contributed by atoms with van der Waals surface area (Å²) in [6.07, 6.45) is 0.714. The van der Waals surface area contributed by atoms with Gasteiger partial charge in [0.05, 0.1) is 92.5 Å². The molecule has 0 aromatic carbocycles. The van der Waals surface area contributed by atoms with Gasteiger partial charge in [-0.25, -0.2) is 28.8 Å². The van der Waals surface area contributed by atoms with Crippen molar-refractivity contribution in [2.24, 2.45) is 0 Å². The normalized spacial score (nSPS) is 10.1. The second-order valence-corrected chi connectivity index (χ2v) is 14.8. The van der Waals surface area contributed by atoms with E-state index >= 15 is 0 Å². The van der Waals surface area contributed by atoms with Gasteiger partial charge in [0.25, 0.3) is 0 Å². The van der Waals surface area contributed by atoms with Crippen LogP contribution in [-0.2, 0) is 90.3 Å². The number of carbonyl (C=O) groups excluding carboxylic acids is 5. The number of hydrogen-bond acceptors (Lipinski definition) is 21. The number of aliphatic hydroxyl groups is 1. The maximum absolute atomic E-state index is 11.3. The van der Waals surface area contributed by atoms with Crippen molar-refractivity contribution >= 4 is 42.0 Å². The van der Waals surface area contributed by atoms with Gasteiger partial charge in [-0.3, -0.25) is 0 Å². The Morgan fingerprint density at radius 2 is 0.761 bits per heavy atom. The molecule has 24 nitrogen and oxygen atoms in total. The molecule has 0 bridgehead atoms. The first-order valence-electron chi connectivity index (χ1n) is 20.0. The van der Waals surface area contributed by atoms with Gasteiger partial charge in [0.1, 0.15) is 49.8 Å². The number of carboxylic acid groups (broad SMARTS) is 1. The molecule has 0 aliphatic carbocycles. The number of aliphatic carboxylic acids is 1. The summed E-state index contributed by atoms with van der Waals surface area (Å²) in [5.41, 5.74) is 6.35. The van der Waals surface area contributed by atoms with Crippen molar-refractivity contribution in [3.8, 4) is 0 Å². The molecule has 0 amide bonds. The number of hydrogen-bond donors (Lipinski definition) is 2. The second kappa shape index (κ2) is 54.4. The zero-order chi connectivity index (χ0) is 49.0. The van der Waals surface area contributed by atoms with Crippen molar-refractivity contribution in [2.45, 2.75) is 93.0 Å². The Hall–Kier alpha value is -2.55. The maximum atomic E-state index is 11.3. The fourth-order valence-electron chi connectivity index (χ4n) is 3.26. The maximum Gasteiger partial charge on any atom is 1.00 e. The SMILES string of the molecule is CC(C)(C)OC(=O)C=[N+]=[N-].CC(C)(C)OC(=O)COCCOCCOCC(=O)O.CCOC(=O)COCCOCCO.CCOC(=O)COCCOCCOCC(=O)OC(C)(C)C.[CH3-].[Li+].[OH-].[U]. The second-order valence-electron chi connectivity index (χ2n) is 14.8. The average molecular weight is 1200 g/mol. The summed E-state index contributed by atoms with van der Waals surface area (Å²) in [5, 5.41) is 16.6. The van der Waals surface area contributed by atoms with Crippen molar-refractivity contribution in [3.05, 3.63) is 13.0 Å². The number of carboxylic acids is 1. The van der Waals surface area contributed by atoms with E-state index in [9.17, 15) is 28.8 Å². The molecule has 0 rings (SSSR count). The zero-order valence-corrected chi connectivity index (χ0v) is 46.2. The van der Waals surface area contributed by atoms with Crippen LogP contribution in [0.25, 0.3) is 5.53 Å². The number of esters is 5. The molecule has 0 aromatic rings. The molecular formula is C41H78LiN2O22U-. The van der Waals surface area contributed by atoms with Crippen molar-refractivity contribution in [3.63, 3.8) is 0 Å². The third-order valence-corrected chi connectivity index (χ3v) is 5.22. The Kier molecular flexibility index (Phi) is 66.1. The Balaban J connectivity index is -0.000000117. The first-order valence-corrected chi connectivity index (χ1v) is 20.0. The summed E-state index contributed by atoms with van der Waals surface area (Å²) in [7, 11) is 0. The average Bonchev–Trinajstić information content (AvgIpc) is 3.14. The summed E-state index contributed by atoms with van der Waals surface area (Å²) in [6, 6.07) is 0. The van der Waals surface area contributed by atoms with E-state index in [4.69, 9.17) is 67.8 Å². The van der Waals surface area contributed by atoms with E-state index in [2.05, 4.69) is 14.3 Å². The molecule has 0 atom stereocenters. The molecule has 0 aliphatic heterocycles. The molecule has 0 heterocycles. The third-order valence-electron chi connectivity index (χ3n) is 5.22. The van der Waals surface area contributed by atoms with Gasteiger partial charge in [0.15, 0.2) is 0 Å². The van der Waals surface area contributed by atoms with Crippen molar-refractivity contribution < 1.29 is 161 Å². The number of carbonyl (C=O) groups is 6. The fraction of sp³-hybridized carbons (Fsp3) is 0.805. The van der Waals surface area contributed by atoms with Gasteiger partial charge in [-0.15, -0.1) is 0 Å². The largest absolute Gasteiger partial charge is 1.00 e.